The predicted molar refractivity (Wildman–Crippen MR) is 194 cm³/mol. The number of nitrogens with zero attached hydrogens (tertiary/aromatic N) is 2. The molecule has 2 nitrogen and oxygen atoms in total. The van der Waals surface area contributed by atoms with Crippen molar-refractivity contribution < 1.29 is 0 Å². The van der Waals surface area contributed by atoms with Crippen LogP contribution in [-0.4, -0.2) is 4.57 Å². The highest BCUT2D eigenvalue weighted by molar-refractivity contribution is 5.95. The van der Waals surface area contributed by atoms with E-state index >= 15 is 0 Å². The minimum atomic E-state index is 1.11. The molecular formula is C43H34N2. The normalized spacial score (nSPS) is 11.2. The largest absolute Gasteiger partial charge is 0.311 e. The number of hydrogen-bond acceptors (Lipinski definition) is 1. The van der Waals surface area contributed by atoms with Gasteiger partial charge in [0.1, 0.15) is 0 Å². The Bertz CT molecular complexity index is 2080. The van der Waals surface area contributed by atoms with Crippen LogP contribution in [-0.2, 0) is 0 Å². The molecule has 0 unspecified atom stereocenters. The molecule has 2 heteroatoms. The molecule has 0 atom stereocenters. The van der Waals surface area contributed by atoms with E-state index in [-0.39, 0.29) is 0 Å². The Kier molecular flexibility index (Phi) is 7.70. The van der Waals surface area contributed by atoms with Crippen LogP contribution in [0.1, 0.15) is 18.2 Å². The topological polar surface area (TPSA) is 8.17 Å². The monoisotopic (exact) mass is 578 g/mol. The third kappa shape index (κ3) is 5.39. The summed E-state index contributed by atoms with van der Waals surface area (Å²) in [6.45, 7) is 6.16. The van der Waals surface area contributed by atoms with E-state index in [0.29, 0.717) is 0 Å². The molecule has 0 aliphatic rings. The second-order valence-electron chi connectivity index (χ2n) is 11.0. The lowest BCUT2D eigenvalue weighted by atomic mass is 10.0. The molecule has 0 aliphatic carbocycles. The summed E-state index contributed by atoms with van der Waals surface area (Å²) in [5, 5.41) is 1.21. The first kappa shape index (κ1) is 27.9. The van der Waals surface area contributed by atoms with Gasteiger partial charge in [-0.05, 0) is 89.9 Å². The van der Waals surface area contributed by atoms with E-state index in [1.54, 1.807) is 0 Å². The molecule has 216 valence electrons. The van der Waals surface area contributed by atoms with Gasteiger partial charge in [0.15, 0.2) is 0 Å². The SMILES string of the molecule is C=Cc1c(/C=C\C)n(-c2ccc(-c3ccc(N(c4ccccc4)c4ccc(-c5ccccc5)cc4)cc3)cc2)c2ccccc12. The molecule has 0 N–H and O–H groups in total. The van der Waals surface area contributed by atoms with Gasteiger partial charge in [-0.25, -0.2) is 0 Å². The van der Waals surface area contributed by atoms with Crippen molar-refractivity contribution in [2.75, 3.05) is 4.90 Å². The highest BCUT2D eigenvalue weighted by atomic mass is 15.1. The molecular weight excluding hydrogens is 544 g/mol. The molecule has 6 aromatic carbocycles. The summed E-state index contributed by atoms with van der Waals surface area (Å²) in [7, 11) is 0. The van der Waals surface area contributed by atoms with Crippen LogP contribution in [0.15, 0.2) is 170 Å². The van der Waals surface area contributed by atoms with Gasteiger partial charge in [-0.1, -0.05) is 122 Å². The van der Waals surface area contributed by atoms with Crippen LogP contribution < -0.4 is 4.90 Å². The average Bonchev–Trinajstić information content (AvgIpc) is 3.43. The fourth-order valence-corrected chi connectivity index (χ4v) is 6.16. The van der Waals surface area contributed by atoms with Gasteiger partial charge >= 0.3 is 0 Å². The molecule has 0 fully saturated rings. The Morgan fingerprint density at radius 2 is 0.978 bits per heavy atom. The molecule has 7 aromatic rings. The van der Waals surface area contributed by atoms with Crippen molar-refractivity contribution >= 4 is 40.1 Å². The fraction of sp³-hybridized carbons (Fsp3) is 0.0233. The molecule has 0 aliphatic heterocycles. The molecule has 0 spiro atoms. The summed E-state index contributed by atoms with van der Waals surface area (Å²) in [5.74, 6) is 0. The second kappa shape index (κ2) is 12.4. The van der Waals surface area contributed by atoms with Gasteiger partial charge in [0.2, 0.25) is 0 Å². The zero-order valence-electron chi connectivity index (χ0n) is 25.3. The van der Waals surface area contributed by atoms with Crippen molar-refractivity contribution in [3.05, 3.63) is 182 Å². The number of hydrogen-bond donors (Lipinski definition) is 0. The van der Waals surface area contributed by atoms with E-state index in [1.165, 1.54) is 33.2 Å². The predicted octanol–water partition coefficient (Wildman–Crippen LogP) is 12.1. The number of rotatable bonds is 8. The molecule has 0 saturated heterocycles. The van der Waals surface area contributed by atoms with Crippen LogP contribution in [0.2, 0.25) is 0 Å². The maximum Gasteiger partial charge on any atom is 0.0541 e. The second-order valence-corrected chi connectivity index (χ2v) is 11.0. The number of anilines is 3. The van der Waals surface area contributed by atoms with Crippen molar-refractivity contribution in [1.29, 1.82) is 0 Å². The Morgan fingerprint density at radius 1 is 0.511 bits per heavy atom. The minimum Gasteiger partial charge on any atom is -0.311 e. The molecule has 0 radical (unpaired) electrons. The molecule has 1 heterocycles. The lowest BCUT2D eigenvalue weighted by molar-refractivity contribution is 1.10. The number of allylic oxidation sites excluding steroid dienone is 1. The quantitative estimate of drug-likeness (QED) is 0.174. The fourth-order valence-electron chi connectivity index (χ4n) is 6.16. The zero-order valence-corrected chi connectivity index (χ0v) is 25.3. The maximum absolute atomic E-state index is 4.11. The van der Waals surface area contributed by atoms with Gasteiger partial charge in [0.05, 0.1) is 11.2 Å². The van der Waals surface area contributed by atoms with Gasteiger partial charge in [-0.2, -0.15) is 0 Å². The Labute approximate surface area is 265 Å². The highest BCUT2D eigenvalue weighted by Gasteiger charge is 2.15. The first-order chi connectivity index (χ1) is 22.2. The lowest BCUT2D eigenvalue weighted by Crippen LogP contribution is -2.09. The van der Waals surface area contributed by atoms with Gasteiger partial charge in [-0.15, -0.1) is 0 Å². The highest BCUT2D eigenvalue weighted by Crippen LogP contribution is 2.37. The minimum absolute atomic E-state index is 1.11. The Hall–Kier alpha value is -5.86. The molecule has 0 saturated carbocycles. The van der Waals surface area contributed by atoms with Gasteiger partial charge in [0, 0.05) is 33.7 Å². The Balaban J connectivity index is 1.21. The summed E-state index contributed by atoms with van der Waals surface area (Å²) in [5.41, 5.74) is 12.7. The zero-order chi connectivity index (χ0) is 30.6. The maximum atomic E-state index is 4.11. The average molecular weight is 579 g/mol. The van der Waals surface area contributed by atoms with Crippen LogP contribution >= 0.6 is 0 Å². The lowest BCUT2D eigenvalue weighted by Gasteiger charge is -2.26. The van der Waals surface area contributed by atoms with Crippen molar-refractivity contribution in [3.8, 4) is 27.9 Å². The Morgan fingerprint density at radius 3 is 1.53 bits per heavy atom. The van der Waals surface area contributed by atoms with Crippen LogP contribution in [0.4, 0.5) is 17.1 Å². The summed E-state index contributed by atoms with van der Waals surface area (Å²) in [6, 6.07) is 56.1. The van der Waals surface area contributed by atoms with E-state index in [4.69, 9.17) is 0 Å². The first-order valence-corrected chi connectivity index (χ1v) is 15.4. The number of benzene rings is 6. The summed E-state index contributed by atoms with van der Waals surface area (Å²) < 4.78 is 2.32. The van der Waals surface area contributed by atoms with Crippen LogP contribution in [0, 0.1) is 0 Å². The van der Waals surface area contributed by atoms with Crippen LogP contribution in [0.25, 0.3) is 51.0 Å². The number of para-hydroxylation sites is 2. The van der Waals surface area contributed by atoms with Gasteiger partial charge in [-0.3, -0.25) is 0 Å². The number of aromatic nitrogens is 1. The molecule has 45 heavy (non-hydrogen) atoms. The summed E-state index contributed by atoms with van der Waals surface area (Å²) in [4.78, 5) is 2.30. The molecule has 1 aromatic heterocycles. The van der Waals surface area contributed by atoms with Gasteiger partial charge in [0.25, 0.3) is 0 Å². The van der Waals surface area contributed by atoms with Crippen molar-refractivity contribution in [3.63, 3.8) is 0 Å². The van der Waals surface area contributed by atoms with Crippen LogP contribution in [0.5, 0.6) is 0 Å². The molecule has 0 bridgehead atoms. The standard InChI is InChI=1S/C43H34N2/c1-3-13-42-40(4-2)41-18-11-12-19-43(41)45(42)39-30-24-35(25-31-39)34-22-28-38(29-23-34)44(36-16-9-6-10-17-36)37-26-20-33(21-27-37)32-14-7-5-8-15-32/h3-31H,2H2,1H3/b13-3-. The molecule has 0 amide bonds. The van der Waals surface area contributed by atoms with E-state index < -0.39 is 0 Å². The van der Waals surface area contributed by atoms with E-state index in [0.717, 1.165) is 34.0 Å². The summed E-state index contributed by atoms with van der Waals surface area (Å²) >= 11 is 0. The van der Waals surface area contributed by atoms with Crippen LogP contribution in [0.3, 0.4) is 0 Å². The summed E-state index contributed by atoms with van der Waals surface area (Å²) in [6.07, 6.45) is 6.21. The van der Waals surface area contributed by atoms with E-state index in [2.05, 4.69) is 193 Å². The van der Waals surface area contributed by atoms with Crippen molar-refractivity contribution in [2.45, 2.75) is 6.92 Å². The third-order valence-corrected chi connectivity index (χ3v) is 8.31. The van der Waals surface area contributed by atoms with E-state index in [1.807, 2.05) is 6.08 Å². The number of fused-ring (bicyclic) bond motifs is 1. The van der Waals surface area contributed by atoms with Gasteiger partial charge < -0.3 is 9.47 Å². The van der Waals surface area contributed by atoms with Crippen molar-refractivity contribution in [1.82, 2.24) is 4.57 Å². The third-order valence-electron chi connectivity index (χ3n) is 8.31. The van der Waals surface area contributed by atoms with E-state index in [9.17, 15) is 0 Å². The van der Waals surface area contributed by atoms with Crippen molar-refractivity contribution in [2.24, 2.45) is 0 Å². The first-order valence-electron chi connectivity index (χ1n) is 15.4. The molecule has 7 rings (SSSR count). The smallest absolute Gasteiger partial charge is 0.0541 e.